The van der Waals surface area contributed by atoms with E-state index in [0.29, 0.717) is 42.0 Å². The van der Waals surface area contributed by atoms with Crippen molar-refractivity contribution >= 4 is 24.1 Å². The molecule has 0 aliphatic heterocycles. The van der Waals surface area contributed by atoms with Gasteiger partial charge in [-0.15, -0.1) is 0 Å². The maximum atomic E-state index is 12.0. The maximum absolute atomic E-state index is 12.0. The summed E-state index contributed by atoms with van der Waals surface area (Å²) in [6.07, 6.45) is 6.89. The molecular formula is C28H42N2O8. The van der Waals surface area contributed by atoms with Crippen LogP contribution in [0.3, 0.4) is 0 Å². The maximum Gasteiger partial charge on any atom is 0.407 e. The summed E-state index contributed by atoms with van der Waals surface area (Å²) in [4.78, 5) is 46.7. The highest BCUT2D eigenvalue weighted by Crippen LogP contribution is 2.68. The molecule has 0 saturated heterocycles. The molecule has 0 aromatic carbocycles. The van der Waals surface area contributed by atoms with Crippen LogP contribution in [-0.4, -0.2) is 63.6 Å². The van der Waals surface area contributed by atoms with Gasteiger partial charge in [-0.1, -0.05) is 13.2 Å². The monoisotopic (exact) mass is 534 g/mol. The Hall–Kier alpha value is -3.04. The van der Waals surface area contributed by atoms with E-state index in [4.69, 9.17) is 18.9 Å². The van der Waals surface area contributed by atoms with Crippen LogP contribution >= 0.6 is 0 Å². The van der Waals surface area contributed by atoms with Crippen LogP contribution in [0, 0.1) is 29.1 Å². The first-order valence-corrected chi connectivity index (χ1v) is 13.6. The Morgan fingerprint density at radius 2 is 1.34 bits per heavy atom. The number of hydrogen-bond donors (Lipinski definition) is 2. The summed E-state index contributed by atoms with van der Waals surface area (Å²) in [6.45, 7) is 11.3. The topological polar surface area (TPSA) is 129 Å². The first kappa shape index (κ1) is 29.5. The molecule has 0 aromatic rings. The molecule has 3 aliphatic rings. The predicted octanol–water partition coefficient (Wildman–Crippen LogP) is 3.90. The summed E-state index contributed by atoms with van der Waals surface area (Å²) in [5, 5.41) is 5.68. The fourth-order valence-electron chi connectivity index (χ4n) is 6.81. The van der Waals surface area contributed by atoms with E-state index in [0.717, 1.165) is 18.8 Å². The number of rotatable bonds is 14. The molecular weight excluding hydrogens is 492 g/mol. The van der Waals surface area contributed by atoms with Gasteiger partial charge in [0, 0.05) is 24.2 Å². The Morgan fingerprint density at radius 1 is 0.789 bits per heavy atom. The van der Waals surface area contributed by atoms with Crippen LogP contribution in [0.1, 0.15) is 58.8 Å². The quantitative estimate of drug-likeness (QED) is 0.149. The minimum Gasteiger partial charge on any atom is -0.459 e. The summed E-state index contributed by atoms with van der Waals surface area (Å²) in [5.41, 5.74) is 0.894. The van der Waals surface area contributed by atoms with Crippen molar-refractivity contribution in [2.24, 2.45) is 29.1 Å². The summed E-state index contributed by atoms with van der Waals surface area (Å²) in [6, 6.07) is 0. The molecule has 2 N–H and O–H groups in total. The summed E-state index contributed by atoms with van der Waals surface area (Å²) < 4.78 is 20.0. The highest BCUT2D eigenvalue weighted by Gasteiger charge is 2.60. The molecule has 0 heterocycles. The molecule has 38 heavy (non-hydrogen) atoms. The predicted molar refractivity (Wildman–Crippen MR) is 139 cm³/mol. The number of esters is 2. The highest BCUT2D eigenvalue weighted by molar-refractivity contribution is 5.87. The highest BCUT2D eigenvalue weighted by atomic mass is 16.6. The fraction of sp³-hybridized carbons (Fsp3) is 0.714. The average Bonchev–Trinajstić information content (AvgIpc) is 3.57. The van der Waals surface area contributed by atoms with Crippen LogP contribution in [-0.2, 0) is 28.5 Å². The standard InChI is InChI=1S/C28H42N2O8/c1-18(2)24(31)35-13-15-37-26(33)29-11-8-20-5-6-22-23(20)21-7-9-28(22,17-21)10-12-30-27(34)38-16-14-36-25(32)19(3)4/h20-23H,1,3,5-17H2,2,4H3,(H,29,33)(H,30,34). The van der Waals surface area contributed by atoms with Crippen LogP contribution in [0.4, 0.5) is 9.59 Å². The molecule has 212 valence electrons. The van der Waals surface area contributed by atoms with Crippen molar-refractivity contribution in [3.05, 3.63) is 24.3 Å². The van der Waals surface area contributed by atoms with Gasteiger partial charge in [-0.3, -0.25) is 0 Å². The Kier molecular flexibility index (Phi) is 10.6. The largest absolute Gasteiger partial charge is 0.459 e. The van der Waals surface area contributed by atoms with Gasteiger partial charge in [-0.25, -0.2) is 19.2 Å². The molecule has 0 radical (unpaired) electrons. The number of alkyl carbamates (subject to hydrolysis) is 2. The molecule has 3 saturated carbocycles. The van der Waals surface area contributed by atoms with E-state index in [1.54, 1.807) is 13.8 Å². The number of carbonyl (C=O) groups excluding carboxylic acids is 4. The lowest BCUT2D eigenvalue weighted by molar-refractivity contribution is -0.140. The van der Waals surface area contributed by atoms with Gasteiger partial charge in [0.2, 0.25) is 0 Å². The van der Waals surface area contributed by atoms with Crippen molar-refractivity contribution in [2.45, 2.75) is 58.8 Å². The normalized spacial score (nSPS) is 26.7. The summed E-state index contributed by atoms with van der Waals surface area (Å²) >= 11 is 0. The number of ether oxygens (including phenoxy) is 4. The minimum atomic E-state index is -0.498. The van der Waals surface area contributed by atoms with Crippen LogP contribution in [0.2, 0.25) is 0 Å². The minimum absolute atomic E-state index is 0.00666. The lowest BCUT2D eigenvalue weighted by Crippen LogP contribution is -2.35. The number of nitrogens with one attached hydrogen (secondary N) is 2. The van der Waals surface area contributed by atoms with Gasteiger partial charge in [0.15, 0.2) is 0 Å². The second kappa shape index (κ2) is 13.7. The van der Waals surface area contributed by atoms with Gasteiger partial charge in [0.05, 0.1) is 0 Å². The van der Waals surface area contributed by atoms with E-state index >= 15 is 0 Å². The average molecular weight is 535 g/mol. The molecule has 0 spiro atoms. The van der Waals surface area contributed by atoms with Crippen molar-refractivity contribution in [2.75, 3.05) is 39.5 Å². The van der Waals surface area contributed by atoms with Crippen LogP contribution < -0.4 is 10.6 Å². The van der Waals surface area contributed by atoms with E-state index in [1.807, 2.05) is 0 Å². The van der Waals surface area contributed by atoms with Gasteiger partial charge in [-0.05, 0) is 87.9 Å². The zero-order valence-electron chi connectivity index (χ0n) is 22.7. The molecule has 0 aromatic heterocycles. The van der Waals surface area contributed by atoms with Crippen LogP contribution in [0.15, 0.2) is 24.3 Å². The third-order valence-electron chi connectivity index (χ3n) is 8.34. The Labute approximate surface area is 224 Å². The number of carbonyl (C=O) groups is 4. The Morgan fingerprint density at radius 3 is 1.92 bits per heavy atom. The molecule has 10 heteroatoms. The second-order valence-electron chi connectivity index (χ2n) is 10.9. The van der Waals surface area contributed by atoms with Gasteiger partial charge in [-0.2, -0.15) is 0 Å². The molecule has 3 aliphatic carbocycles. The molecule has 2 bridgehead atoms. The Balaban J connectivity index is 1.32. The zero-order chi connectivity index (χ0) is 27.7. The Bertz CT molecular complexity index is 919. The molecule has 10 nitrogen and oxygen atoms in total. The molecule has 2 amide bonds. The zero-order valence-corrected chi connectivity index (χ0v) is 22.7. The fourth-order valence-corrected chi connectivity index (χ4v) is 6.81. The van der Waals surface area contributed by atoms with Crippen molar-refractivity contribution in [3.63, 3.8) is 0 Å². The van der Waals surface area contributed by atoms with Crippen molar-refractivity contribution in [1.29, 1.82) is 0 Å². The molecule has 5 atom stereocenters. The van der Waals surface area contributed by atoms with Gasteiger partial charge >= 0.3 is 24.1 Å². The molecule has 3 rings (SSSR count). The van der Waals surface area contributed by atoms with Crippen molar-refractivity contribution < 1.29 is 38.1 Å². The third kappa shape index (κ3) is 7.74. The van der Waals surface area contributed by atoms with E-state index in [2.05, 4.69) is 23.8 Å². The first-order chi connectivity index (χ1) is 18.1. The lowest BCUT2D eigenvalue weighted by atomic mass is 9.68. The lowest BCUT2D eigenvalue weighted by Gasteiger charge is -2.37. The van der Waals surface area contributed by atoms with E-state index in [1.165, 1.54) is 32.1 Å². The molecule has 3 fully saturated rings. The van der Waals surface area contributed by atoms with Crippen LogP contribution in [0.5, 0.6) is 0 Å². The summed E-state index contributed by atoms with van der Waals surface area (Å²) in [7, 11) is 0. The SMILES string of the molecule is C=C(C)C(=O)OCCOC(=O)NCCC1CCC2C1C1CCC2(CCNC(=O)OCCOC(=O)C(=C)C)C1. The van der Waals surface area contributed by atoms with E-state index in [9.17, 15) is 19.2 Å². The number of fused-ring (bicyclic) bond motifs is 5. The van der Waals surface area contributed by atoms with Crippen molar-refractivity contribution in [1.82, 2.24) is 10.6 Å². The summed E-state index contributed by atoms with van der Waals surface area (Å²) in [5.74, 6) is 1.66. The second-order valence-corrected chi connectivity index (χ2v) is 10.9. The molecule has 5 unspecified atom stereocenters. The number of hydrogen-bond acceptors (Lipinski definition) is 8. The van der Waals surface area contributed by atoms with Crippen LogP contribution in [0.25, 0.3) is 0 Å². The first-order valence-electron chi connectivity index (χ1n) is 13.6. The van der Waals surface area contributed by atoms with E-state index < -0.39 is 24.1 Å². The van der Waals surface area contributed by atoms with Gasteiger partial charge in [0.25, 0.3) is 0 Å². The smallest absolute Gasteiger partial charge is 0.407 e. The third-order valence-corrected chi connectivity index (χ3v) is 8.34. The van der Waals surface area contributed by atoms with E-state index in [-0.39, 0.29) is 31.8 Å². The van der Waals surface area contributed by atoms with Gasteiger partial charge in [0.1, 0.15) is 26.4 Å². The van der Waals surface area contributed by atoms with Crippen molar-refractivity contribution in [3.8, 4) is 0 Å². The van der Waals surface area contributed by atoms with Gasteiger partial charge < -0.3 is 29.6 Å². The number of amides is 2.